The van der Waals surface area contributed by atoms with Crippen molar-refractivity contribution in [1.82, 2.24) is 9.80 Å². The number of hydrogen-bond acceptors (Lipinski definition) is 2. The maximum atomic E-state index is 14.0. The summed E-state index contributed by atoms with van der Waals surface area (Å²) in [6.07, 6.45) is -12.6. The predicted octanol–water partition coefficient (Wildman–Crippen LogP) is 2.92. The Morgan fingerprint density at radius 3 is 2.84 bits per heavy atom. The third-order valence-corrected chi connectivity index (χ3v) is 4.87. The van der Waals surface area contributed by atoms with Crippen LogP contribution in [0.5, 0.6) is 0 Å². The number of nitrogens with zero attached hydrogens (tertiary/aromatic N) is 2. The van der Waals surface area contributed by atoms with E-state index in [0.717, 1.165) is 17.4 Å². The van der Waals surface area contributed by atoms with Gasteiger partial charge in [-0.3, -0.25) is 9.59 Å². The van der Waals surface area contributed by atoms with E-state index in [2.05, 4.69) is 0 Å². The molecule has 2 amide bonds. The molecule has 0 N–H and O–H groups in total. The Bertz CT molecular complexity index is 1030. The van der Waals surface area contributed by atoms with Gasteiger partial charge in [-0.15, -0.1) is 0 Å². The molecule has 4 rings (SSSR count). The van der Waals surface area contributed by atoms with Crippen LogP contribution < -0.4 is 0 Å². The number of carbonyl (C=O) groups is 2. The Kier molecular flexibility index (Phi) is 2.35. The topological polar surface area (TPSA) is 40.6 Å². The van der Waals surface area contributed by atoms with Crippen LogP contribution >= 0.6 is 0 Å². The molecule has 1 saturated heterocycles. The van der Waals surface area contributed by atoms with Gasteiger partial charge in [0.15, 0.2) is 0 Å². The Morgan fingerprint density at radius 2 is 2.08 bits per heavy atom. The van der Waals surface area contributed by atoms with Crippen LogP contribution in [-0.2, 0) is 16.0 Å². The molecule has 0 radical (unpaired) electrons. The molecule has 1 aromatic carbocycles. The van der Waals surface area contributed by atoms with Crippen molar-refractivity contribution in [2.24, 2.45) is 11.8 Å². The van der Waals surface area contributed by atoms with Crippen molar-refractivity contribution in [3.05, 3.63) is 35.1 Å². The first kappa shape index (κ1) is 9.15. The number of amides is 2. The Hall–Kier alpha value is -1.91. The van der Waals surface area contributed by atoms with Crippen molar-refractivity contribution in [1.29, 1.82) is 0 Å². The van der Waals surface area contributed by atoms with Crippen molar-refractivity contribution in [2.45, 2.75) is 44.9 Å². The summed E-state index contributed by atoms with van der Waals surface area (Å²) in [5, 5.41) is 0. The highest BCUT2D eigenvalue weighted by Crippen LogP contribution is 2.35. The second-order valence-corrected chi connectivity index (χ2v) is 6.51. The lowest BCUT2D eigenvalue weighted by Crippen LogP contribution is -2.56. The molecular weight excluding hydrogens is 319 g/mol. The highest BCUT2D eigenvalue weighted by atomic mass is 19.1. The van der Waals surface area contributed by atoms with Crippen LogP contribution in [0, 0.1) is 17.6 Å². The van der Waals surface area contributed by atoms with Gasteiger partial charge < -0.3 is 9.80 Å². The summed E-state index contributed by atoms with van der Waals surface area (Å²) in [4.78, 5) is 28.8. The average molecular weight is 353 g/mol. The number of rotatable bonds is 1. The van der Waals surface area contributed by atoms with E-state index in [9.17, 15) is 14.0 Å². The van der Waals surface area contributed by atoms with E-state index in [4.69, 9.17) is 12.3 Å². The molecule has 1 atom stereocenters. The number of hydrogen-bond donors (Lipinski definition) is 0. The first-order chi connectivity index (χ1) is 15.4. The maximum Gasteiger partial charge on any atom is 0.242 e. The summed E-state index contributed by atoms with van der Waals surface area (Å²) in [6.45, 7) is 0.386. The monoisotopic (exact) mass is 353 g/mol. The van der Waals surface area contributed by atoms with Crippen LogP contribution in [-0.4, -0.2) is 41.2 Å². The first-order valence-corrected chi connectivity index (χ1v) is 8.26. The van der Waals surface area contributed by atoms with Gasteiger partial charge in [0.25, 0.3) is 0 Å². The molecule has 0 bridgehead atoms. The summed E-state index contributed by atoms with van der Waals surface area (Å²) in [6, 6.07) is 3.38. The van der Waals surface area contributed by atoms with Crippen molar-refractivity contribution >= 4 is 11.8 Å². The molecule has 134 valence electrons. The molecule has 2 heterocycles. The number of carbonyl (C=O) groups excluding carboxylic acids is 2. The third kappa shape index (κ3) is 3.05. The van der Waals surface area contributed by atoms with Crippen molar-refractivity contribution in [3.8, 4) is 0 Å². The van der Waals surface area contributed by atoms with E-state index in [1.54, 1.807) is 6.07 Å². The van der Waals surface area contributed by atoms with Crippen molar-refractivity contribution < 1.29 is 26.3 Å². The molecule has 2 aliphatic heterocycles. The third-order valence-electron chi connectivity index (χ3n) is 4.87. The number of piperazine rings is 1. The fourth-order valence-electron chi connectivity index (χ4n) is 3.59. The molecule has 1 aliphatic carbocycles. The molecule has 1 aromatic rings. The van der Waals surface area contributed by atoms with Gasteiger partial charge in [0, 0.05) is 31.3 Å². The molecule has 2 fully saturated rings. The van der Waals surface area contributed by atoms with Gasteiger partial charge >= 0.3 is 0 Å². The predicted molar refractivity (Wildman–Crippen MR) is 92.3 cm³/mol. The zero-order valence-corrected chi connectivity index (χ0v) is 13.8. The first-order valence-electron chi connectivity index (χ1n) is 12.8. The van der Waals surface area contributed by atoms with E-state index >= 15 is 0 Å². The smallest absolute Gasteiger partial charge is 0.242 e. The van der Waals surface area contributed by atoms with Gasteiger partial charge in [0.1, 0.15) is 5.82 Å². The molecule has 4 nitrogen and oxygen atoms in total. The average Bonchev–Trinajstić information content (AvgIpc) is 2.71. The van der Waals surface area contributed by atoms with Gasteiger partial charge in [0.05, 0.1) is 12.6 Å². The molecule has 0 spiro atoms. The minimum absolute atomic E-state index is 0.201. The fraction of sp³-hybridized carbons (Fsp3) is 0.600. The maximum absolute atomic E-state index is 14.0. The molecule has 5 heteroatoms. The zero-order chi connectivity index (χ0) is 25.6. The fourth-order valence-corrected chi connectivity index (χ4v) is 3.59. The molecule has 3 aliphatic rings. The standard InChI is InChI=1S/C20H25FN2O2/c1-13-2-4-15(5-3-13)20(25)22-11-18-17-10-16(21)7-6-14(17)8-9-23(18)19(24)12-22/h6-7,10,13,15,18H,2-5,8-9,11-12H2,1H3/i2D2,3D2,4D2,5D2,13D. The lowest BCUT2D eigenvalue weighted by Gasteiger charge is -2.45. The Labute approximate surface area is 160 Å². The highest BCUT2D eigenvalue weighted by molar-refractivity contribution is 5.87. The van der Waals surface area contributed by atoms with E-state index in [0.29, 0.717) is 18.5 Å². The van der Waals surface area contributed by atoms with E-state index in [1.165, 1.54) is 17.0 Å². The van der Waals surface area contributed by atoms with Crippen molar-refractivity contribution in [3.63, 3.8) is 0 Å². The van der Waals surface area contributed by atoms with E-state index in [1.807, 2.05) is 0 Å². The van der Waals surface area contributed by atoms with Crippen LogP contribution in [0.25, 0.3) is 0 Å². The summed E-state index contributed by atoms with van der Waals surface area (Å²) < 4.78 is 88.5. The number of halogens is 1. The minimum atomic E-state index is -3.27. The van der Waals surface area contributed by atoms with Gasteiger partial charge in [-0.05, 0) is 61.1 Å². The normalized spacial score (nSPS) is 45.5. The van der Waals surface area contributed by atoms with Crippen LogP contribution in [0.3, 0.4) is 0 Å². The molecule has 0 aromatic heterocycles. The van der Waals surface area contributed by atoms with Crippen LogP contribution in [0.1, 0.15) is 61.9 Å². The largest absolute Gasteiger partial charge is 0.332 e. The lowest BCUT2D eigenvalue weighted by molar-refractivity contribution is -0.152. The molecular formula is C20H25FN2O2. The Balaban J connectivity index is 1.76. The van der Waals surface area contributed by atoms with Crippen LogP contribution in [0.15, 0.2) is 18.2 Å². The van der Waals surface area contributed by atoms with Crippen LogP contribution in [0.4, 0.5) is 4.39 Å². The SMILES string of the molecule is [2H]C1([2H])C(C(=O)N2CC(=O)N3CCc4ccc(F)cc4C3C2)C([2H])([2H])C([2H])([2H])C([2H])(C)C1([2H])[2H]. The van der Waals surface area contributed by atoms with E-state index < -0.39 is 67.5 Å². The van der Waals surface area contributed by atoms with Gasteiger partial charge in [0.2, 0.25) is 11.8 Å². The van der Waals surface area contributed by atoms with Crippen LogP contribution in [0.2, 0.25) is 0 Å². The quantitative estimate of drug-likeness (QED) is 0.779. The number of fused-ring (bicyclic) bond motifs is 3. The van der Waals surface area contributed by atoms with Gasteiger partial charge in [-0.25, -0.2) is 4.39 Å². The van der Waals surface area contributed by atoms with Gasteiger partial charge in [-0.2, -0.15) is 0 Å². The summed E-state index contributed by atoms with van der Waals surface area (Å²) in [5.74, 6) is -7.62. The molecule has 1 unspecified atom stereocenters. The minimum Gasteiger partial charge on any atom is -0.332 e. The Morgan fingerprint density at radius 1 is 1.32 bits per heavy atom. The summed E-state index contributed by atoms with van der Waals surface area (Å²) >= 11 is 0. The lowest BCUT2D eigenvalue weighted by atomic mass is 9.82. The second kappa shape index (κ2) is 6.43. The highest BCUT2D eigenvalue weighted by Gasteiger charge is 2.40. The molecule has 1 saturated carbocycles. The summed E-state index contributed by atoms with van der Waals surface area (Å²) in [7, 11) is 0. The summed E-state index contributed by atoms with van der Waals surface area (Å²) in [5.41, 5.74) is 1.27. The van der Waals surface area contributed by atoms with Crippen molar-refractivity contribution in [2.75, 3.05) is 19.6 Å². The van der Waals surface area contributed by atoms with Gasteiger partial charge in [-0.1, -0.05) is 13.0 Å². The second-order valence-electron chi connectivity index (χ2n) is 6.51. The zero-order valence-electron chi connectivity index (χ0n) is 22.8. The number of benzene rings is 1. The van der Waals surface area contributed by atoms with E-state index in [-0.39, 0.29) is 6.54 Å². The molecule has 25 heavy (non-hydrogen) atoms.